The third-order valence-corrected chi connectivity index (χ3v) is 7.16. The predicted octanol–water partition coefficient (Wildman–Crippen LogP) is 2.29. The van der Waals surface area contributed by atoms with Crippen LogP contribution in [0.5, 0.6) is 0 Å². The smallest absolute Gasteiger partial charge is 0.447 e. The number of halogens is 2. The molecule has 3 rings (SSSR count). The molecule has 2 heterocycles. The van der Waals surface area contributed by atoms with Crippen LogP contribution in [-0.2, 0) is 16.0 Å². The molecule has 3 N–H and O–H groups in total. The molecular weight excluding hydrogens is 497 g/mol. The fourth-order valence-electron chi connectivity index (χ4n) is 4.89. The topological polar surface area (TPSA) is 126 Å². The van der Waals surface area contributed by atoms with Gasteiger partial charge < -0.3 is 25.0 Å². The van der Waals surface area contributed by atoms with Crippen molar-refractivity contribution in [3.63, 3.8) is 0 Å². The van der Waals surface area contributed by atoms with E-state index < -0.39 is 42.6 Å². The van der Waals surface area contributed by atoms with Crippen LogP contribution in [0.25, 0.3) is 0 Å². The molecule has 2 atom stereocenters. The molecule has 12 heteroatoms. The van der Waals surface area contributed by atoms with E-state index in [9.17, 15) is 33.7 Å². The number of alkyl carbamates (subject to hydrolysis) is 1. The molecule has 0 radical (unpaired) electrons. The molecule has 206 valence electrons. The first-order chi connectivity index (χ1) is 17.9. The number of carbonyl (C=O) groups excluding carboxylic acids is 2. The summed E-state index contributed by atoms with van der Waals surface area (Å²) in [5, 5.41) is 31.5. The van der Waals surface area contributed by atoms with Gasteiger partial charge in [-0.2, -0.15) is 5.26 Å². The normalized spacial score (nSPS) is 20.9. The number of carbonyl (C=O) groups is 2. The van der Waals surface area contributed by atoms with Crippen molar-refractivity contribution in [1.29, 1.82) is 5.26 Å². The molecule has 2 fully saturated rings. The van der Waals surface area contributed by atoms with Crippen molar-refractivity contribution >= 4 is 19.1 Å². The Bertz CT molecular complexity index is 1040. The molecule has 2 aliphatic heterocycles. The first-order valence-electron chi connectivity index (χ1n) is 12.8. The molecule has 0 saturated carbocycles. The van der Waals surface area contributed by atoms with Gasteiger partial charge in [-0.15, -0.1) is 0 Å². The summed E-state index contributed by atoms with van der Waals surface area (Å²) in [7, 11) is -1.80. The van der Waals surface area contributed by atoms with Crippen molar-refractivity contribution in [3.05, 3.63) is 47.5 Å². The highest BCUT2D eigenvalue weighted by atomic mass is 19.3. The number of likely N-dealkylation sites (tertiary alicyclic amines) is 2. The van der Waals surface area contributed by atoms with Gasteiger partial charge in [0.25, 0.3) is 11.8 Å². The zero-order chi connectivity index (χ0) is 27.9. The van der Waals surface area contributed by atoms with Gasteiger partial charge in [-0.1, -0.05) is 30.3 Å². The van der Waals surface area contributed by atoms with E-state index in [1.807, 2.05) is 17.0 Å². The van der Waals surface area contributed by atoms with Gasteiger partial charge in [0, 0.05) is 38.0 Å². The van der Waals surface area contributed by atoms with Gasteiger partial charge in [0.15, 0.2) is 0 Å². The number of rotatable bonds is 9. The highest BCUT2D eigenvalue weighted by Gasteiger charge is 2.39. The summed E-state index contributed by atoms with van der Waals surface area (Å²) in [6.45, 7) is 4.16. The number of piperidine rings is 1. The van der Waals surface area contributed by atoms with E-state index in [4.69, 9.17) is 4.74 Å². The Morgan fingerprint density at radius 2 is 1.92 bits per heavy atom. The Hall–Kier alpha value is -3.01. The van der Waals surface area contributed by atoms with E-state index in [1.165, 1.54) is 11.0 Å². The van der Waals surface area contributed by atoms with Crippen LogP contribution in [0.15, 0.2) is 42.0 Å². The lowest BCUT2D eigenvalue weighted by Gasteiger charge is -2.41. The molecule has 0 bridgehead atoms. The molecule has 2 aliphatic rings. The maximum absolute atomic E-state index is 13.6. The predicted molar refractivity (Wildman–Crippen MR) is 137 cm³/mol. The van der Waals surface area contributed by atoms with Gasteiger partial charge in [0.05, 0.1) is 12.0 Å². The van der Waals surface area contributed by atoms with Gasteiger partial charge in [-0.3, -0.25) is 9.69 Å². The lowest BCUT2D eigenvalue weighted by molar-refractivity contribution is -0.128. The highest BCUT2D eigenvalue weighted by molar-refractivity contribution is 6.43. The lowest BCUT2D eigenvalue weighted by atomic mass is 9.76. The Morgan fingerprint density at radius 3 is 2.53 bits per heavy atom. The van der Waals surface area contributed by atoms with Crippen molar-refractivity contribution < 1.29 is 33.2 Å². The Balaban J connectivity index is 1.58. The minimum Gasteiger partial charge on any atom is -0.447 e. The standard InChI is InChI=1S/C26H35BF2N4O5/c1-25(2,32-13-10-26(28,29)11-14-32)16-20(17-30)23(34)33-12-6-9-21(33)18-38-24(35)31-22(27(36)37)15-19-7-4-3-5-8-19/h3-5,7-8,16,21-22,36-37H,6,9-15,18H2,1-2H3,(H,31,35)/t21-,22?/m1/s1. The Labute approximate surface area is 222 Å². The van der Waals surface area contributed by atoms with Crippen LogP contribution < -0.4 is 5.32 Å². The zero-order valence-electron chi connectivity index (χ0n) is 21.8. The molecule has 9 nitrogen and oxygen atoms in total. The van der Waals surface area contributed by atoms with E-state index in [1.54, 1.807) is 38.1 Å². The van der Waals surface area contributed by atoms with E-state index >= 15 is 0 Å². The summed E-state index contributed by atoms with van der Waals surface area (Å²) in [6, 6.07) is 10.5. The van der Waals surface area contributed by atoms with Crippen LogP contribution >= 0.6 is 0 Å². The minimum atomic E-state index is -2.70. The minimum absolute atomic E-state index is 0.0880. The lowest BCUT2D eigenvalue weighted by Crippen LogP contribution is -2.50. The SMILES string of the molecule is CC(C)(C=C(C#N)C(=O)N1CCC[C@@H]1COC(=O)NC(Cc1ccccc1)B(O)O)N1CCC(F)(F)CC1. The second-order valence-corrected chi connectivity index (χ2v) is 10.4. The summed E-state index contributed by atoms with van der Waals surface area (Å²) >= 11 is 0. The van der Waals surface area contributed by atoms with Crippen LogP contribution in [0.3, 0.4) is 0 Å². The van der Waals surface area contributed by atoms with Crippen molar-refractivity contribution in [2.24, 2.45) is 0 Å². The van der Waals surface area contributed by atoms with Crippen LogP contribution in [0, 0.1) is 11.3 Å². The number of ether oxygens (including phenoxy) is 1. The third kappa shape index (κ3) is 8.00. The van der Waals surface area contributed by atoms with Gasteiger partial charge in [-0.25, -0.2) is 13.6 Å². The Morgan fingerprint density at radius 1 is 1.26 bits per heavy atom. The number of alkyl halides is 2. The second kappa shape index (κ2) is 12.7. The van der Waals surface area contributed by atoms with E-state index in [0.717, 1.165) is 5.56 Å². The molecule has 38 heavy (non-hydrogen) atoms. The number of nitrogens with zero attached hydrogens (tertiary/aromatic N) is 3. The fourth-order valence-corrected chi connectivity index (χ4v) is 4.89. The van der Waals surface area contributed by atoms with Gasteiger partial charge >= 0.3 is 13.2 Å². The highest BCUT2D eigenvalue weighted by Crippen LogP contribution is 2.32. The first-order valence-corrected chi connectivity index (χ1v) is 12.8. The van der Waals surface area contributed by atoms with Crippen LogP contribution in [-0.4, -0.2) is 88.7 Å². The molecule has 2 saturated heterocycles. The molecule has 1 unspecified atom stereocenters. The number of amides is 2. The molecule has 2 amide bonds. The van der Waals surface area contributed by atoms with E-state index in [0.29, 0.717) is 19.4 Å². The number of nitrogens with one attached hydrogen (secondary N) is 1. The maximum atomic E-state index is 13.6. The average molecular weight is 532 g/mol. The van der Waals surface area contributed by atoms with E-state index in [-0.39, 0.29) is 44.5 Å². The number of benzene rings is 1. The fraction of sp³-hybridized carbons (Fsp3) is 0.577. The van der Waals surface area contributed by atoms with Crippen LogP contribution in [0.1, 0.15) is 45.1 Å². The second-order valence-electron chi connectivity index (χ2n) is 10.4. The van der Waals surface area contributed by atoms with Gasteiger partial charge in [-0.05, 0) is 44.7 Å². The molecule has 0 aromatic heterocycles. The largest absolute Gasteiger partial charge is 0.475 e. The quantitative estimate of drug-likeness (QED) is 0.253. The van der Waals surface area contributed by atoms with Crippen LogP contribution in [0.4, 0.5) is 13.6 Å². The monoisotopic (exact) mass is 532 g/mol. The number of hydrogen-bond acceptors (Lipinski definition) is 7. The molecule has 0 aliphatic carbocycles. The number of nitriles is 1. The molecular formula is C26H35BF2N4O5. The third-order valence-electron chi connectivity index (χ3n) is 7.16. The van der Waals surface area contributed by atoms with Crippen LogP contribution in [0.2, 0.25) is 0 Å². The summed E-state index contributed by atoms with van der Waals surface area (Å²) in [6.07, 6.45) is 1.55. The summed E-state index contributed by atoms with van der Waals surface area (Å²) in [4.78, 5) is 29.0. The van der Waals surface area contributed by atoms with Crippen molar-refractivity contribution in [2.45, 2.75) is 69.4 Å². The summed E-state index contributed by atoms with van der Waals surface area (Å²) in [5.41, 5.74) is -0.0627. The van der Waals surface area contributed by atoms with Crippen molar-refractivity contribution in [1.82, 2.24) is 15.1 Å². The molecule has 0 spiro atoms. The zero-order valence-corrected chi connectivity index (χ0v) is 21.8. The maximum Gasteiger partial charge on any atom is 0.475 e. The number of hydrogen-bond donors (Lipinski definition) is 3. The first kappa shape index (κ1) is 29.5. The van der Waals surface area contributed by atoms with Gasteiger partial charge in [0.2, 0.25) is 0 Å². The Kier molecular flexibility index (Phi) is 9.87. The van der Waals surface area contributed by atoms with Gasteiger partial charge in [0.1, 0.15) is 18.2 Å². The summed E-state index contributed by atoms with van der Waals surface area (Å²) in [5.74, 6) is -4.19. The summed E-state index contributed by atoms with van der Waals surface area (Å²) < 4.78 is 32.5. The molecule has 1 aromatic rings. The van der Waals surface area contributed by atoms with Crippen molar-refractivity contribution in [2.75, 3.05) is 26.2 Å². The average Bonchev–Trinajstić information content (AvgIpc) is 3.34. The van der Waals surface area contributed by atoms with E-state index in [2.05, 4.69) is 5.32 Å². The van der Waals surface area contributed by atoms with Crippen molar-refractivity contribution in [3.8, 4) is 6.07 Å². The molecule has 1 aromatic carbocycles.